The Kier molecular flexibility index (Phi) is 6.52. The van der Waals surface area contributed by atoms with E-state index < -0.39 is 0 Å². The zero-order valence-electron chi connectivity index (χ0n) is 13.4. The van der Waals surface area contributed by atoms with Gasteiger partial charge in [0.1, 0.15) is 5.69 Å². The number of anilines is 2. The van der Waals surface area contributed by atoms with E-state index >= 15 is 0 Å². The molecule has 5 nitrogen and oxygen atoms in total. The zero-order valence-corrected chi connectivity index (χ0v) is 15.0. The first-order valence-corrected chi connectivity index (χ1v) is 8.54. The lowest BCUT2D eigenvalue weighted by molar-refractivity contribution is 0.0948. The Morgan fingerprint density at radius 3 is 2.78 bits per heavy atom. The van der Waals surface area contributed by atoms with Crippen molar-refractivity contribution in [1.29, 1.82) is 0 Å². The molecule has 1 heterocycles. The molecule has 0 saturated heterocycles. The fraction of sp³-hybridized carbons (Fsp3) is 0.353. The fourth-order valence-corrected chi connectivity index (χ4v) is 2.50. The number of rotatable bonds is 7. The van der Waals surface area contributed by atoms with Gasteiger partial charge in [0.25, 0.3) is 5.91 Å². The summed E-state index contributed by atoms with van der Waals surface area (Å²) >= 11 is 3.42. The molecule has 0 spiro atoms. The first-order valence-electron chi connectivity index (χ1n) is 7.75. The van der Waals surface area contributed by atoms with Crippen molar-refractivity contribution in [2.75, 3.05) is 11.9 Å². The summed E-state index contributed by atoms with van der Waals surface area (Å²) in [5.41, 5.74) is 1.99. The number of nitrogens with one attached hydrogen (secondary N) is 2. The summed E-state index contributed by atoms with van der Waals surface area (Å²) in [6.07, 6.45) is 3.22. The molecular formula is C17H21BrN4O. The number of aryl methyl sites for hydroxylation is 1. The molecule has 0 bridgehead atoms. The maximum Gasteiger partial charge on any atom is 0.270 e. The average molecular weight is 377 g/mol. The third-order valence-corrected chi connectivity index (χ3v) is 3.73. The van der Waals surface area contributed by atoms with E-state index in [0.29, 0.717) is 18.2 Å². The van der Waals surface area contributed by atoms with E-state index in [-0.39, 0.29) is 5.91 Å². The van der Waals surface area contributed by atoms with Crippen LogP contribution in [-0.4, -0.2) is 22.4 Å². The summed E-state index contributed by atoms with van der Waals surface area (Å²) in [6, 6.07) is 9.40. The van der Waals surface area contributed by atoms with Crippen molar-refractivity contribution in [3.05, 3.63) is 46.2 Å². The molecule has 6 heteroatoms. The number of amides is 1. The average Bonchev–Trinajstić information content (AvgIpc) is 2.51. The lowest BCUT2D eigenvalue weighted by atomic mass is 10.2. The minimum Gasteiger partial charge on any atom is -0.351 e. The van der Waals surface area contributed by atoms with E-state index in [1.165, 1.54) is 0 Å². The van der Waals surface area contributed by atoms with E-state index in [4.69, 9.17) is 0 Å². The normalized spacial score (nSPS) is 10.4. The Morgan fingerprint density at radius 1 is 1.22 bits per heavy atom. The van der Waals surface area contributed by atoms with Gasteiger partial charge >= 0.3 is 0 Å². The molecule has 0 saturated carbocycles. The van der Waals surface area contributed by atoms with Crippen LogP contribution in [-0.2, 0) is 0 Å². The molecule has 0 aliphatic rings. The monoisotopic (exact) mass is 376 g/mol. The zero-order chi connectivity index (χ0) is 16.7. The predicted octanol–water partition coefficient (Wildman–Crippen LogP) is 4.21. The van der Waals surface area contributed by atoms with Gasteiger partial charge in [-0.15, -0.1) is 0 Å². The van der Waals surface area contributed by atoms with Gasteiger partial charge in [0.15, 0.2) is 0 Å². The second kappa shape index (κ2) is 8.62. The van der Waals surface area contributed by atoms with E-state index in [0.717, 1.165) is 35.1 Å². The molecule has 1 aromatic carbocycles. The molecule has 0 radical (unpaired) electrons. The minimum absolute atomic E-state index is 0.163. The molecule has 2 N–H and O–H groups in total. The maximum absolute atomic E-state index is 12.2. The van der Waals surface area contributed by atoms with Crippen LogP contribution in [0.25, 0.3) is 0 Å². The quantitative estimate of drug-likeness (QED) is 0.710. The Bertz CT molecular complexity index is 675. The van der Waals surface area contributed by atoms with Crippen LogP contribution in [0.15, 0.2) is 34.8 Å². The number of carbonyl (C=O) groups is 1. The summed E-state index contributed by atoms with van der Waals surface area (Å²) in [5.74, 6) is 0.255. The van der Waals surface area contributed by atoms with Crippen LogP contribution in [0, 0.1) is 6.92 Å². The molecule has 2 aromatic rings. The molecule has 0 aliphatic heterocycles. The van der Waals surface area contributed by atoms with Crippen LogP contribution in [0.2, 0.25) is 0 Å². The second-order valence-corrected chi connectivity index (χ2v) is 6.23. The van der Waals surface area contributed by atoms with Gasteiger partial charge in [-0.05, 0) is 37.6 Å². The van der Waals surface area contributed by atoms with Gasteiger partial charge in [0, 0.05) is 22.4 Å². The summed E-state index contributed by atoms with van der Waals surface area (Å²) < 4.78 is 0.962. The molecular weight excluding hydrogens is 356 g/mol. The minimum atomic E-state index is -0.163. The topological polar surface area (TPSA) is 66.9 Å². The predicted molar refractivity (Wildman–Crippen MR) is 96.1 cm³/mol. The third-order valence-electron chi connectivity index (χ3n) is 3.23. The number of carbonyl (C=O) groups excluding carboxylic acids is 1. The molecule has 2 rings (SSSR count). The van der Waals surface area contributed by atoms with Crippen LogP contribution < -0.4 is 10.6 Å². The number of benzene rings is 1. The van der Waals surface area contributed by atoms with Gasteiger partial charge in [0.2, 0.25) is 5.95 Å². The van der Waals surface area contributed by atoms with Crippen LogP contribution in [0.3, 0.4) is 0 Å². The van der Waals surface area contributed by atoms with Crippen molar-refractivity contribution in [2.45, 2.75) is 33.1 Å². The highest BCUT2D eigenvalue weighted by Crippen LogP contribution is 2.18. The van der Waals surface area contributed by atoms with E-state index in [2.05, 4.69) is 43.5 Å². The van der Waals surface area contributed by atoms with Gasteiger partial charge in [-0.25, -0.2) is 9.97 Å². The molecule has 0 unspecified atom stereocenters. The number of halogens is 1. The maximum atomic E-state index is 12.2. The number of nitrogens with zero attached hydrogens (tertiary/aromatic N) is 2. The van der Waals surface area contributed by atoms with Gasteiger partial charge in [0.05, 0.1) is 0 Å². The van der Waals surface area contributed by atoms with E-state index in [1.54, 1.807) is 6.07 Å². The smallest absolute Gasteiger partial charge is 0.270 e. The van der Waals surface area contributed by atoms with Crippen LogP contribution in [0.5, 0.6) is 0 Å². The molecule has 0 fully saturated rings. The van der Waals surface area contributed by atoms with Crippen LogP contribution >= 0.6 is 15.9 Å². The first kappa shape index (κ1) is 17.4. The van der Waals surface area contributed by atoms with Crippen molar-refractivity contribution in [3.8, 4) is 0 Å². The third kappa shape index (κ3) is 5.63. The second-order valence-electron chi connectivity index (χ2n) is 5.32. The van der Waals surface area contributed by atoms with Crippen molar-refractivity contribution < 1.29 is 4.79 Å². The Balaban J connectivity index is 2.07. The van der Waals surface area contributed by atoms with Crippen LogP contribution in [0.4, 0.5) is 11.6 Å². The highest BCUT2D eigenvalue weighted by molar-refractivity contribution is 9.10. The molecule has 122 valence electrons. The summed E-state index contributed by atoms with van der Waals surface area (Å²) in [5, 5.41) is 6.02. The van der Waals surface area contributed by atoms with Crippen molar-refractivity contribution in [1.82, 2.24) is 15.3 Å². The SMILES string of the molecule is CCCCCNC(=O)c1cc(C)nc(Nc2cccc(Br)c2)n1. The van der Waals surface area contributed by atoms with Gasteiger partial charge in [-0.2, -0.15) is 0 Å². The van der Waals surface area contributed by atoms with Crippen molar-refractivity contribution in [3.63, 3.8) is 0 Å². The Morgan fingerprint density at radius 2 is 2.04 bits per heavy atom. The number of unbranched alkanes of at least 4 members (excludes halogenated alkanes) is 2. The molecule has 1 amide bonds. The van der Waals surface area contributed by atoms with Gasteiger partial charge < -0.3 is 10.6 Å². The lowest BCUT2D eigenvalue weighted by Crippen LogP contribution is -2.25. The Hall–Kier alpha value is -1.95. The molecule has 1 aromatic heterocycles. The number of aromatic nitrogens is 2. The van der Waals surface area contributed by atoms with Gasteiger partial charge in [-0.1, -0.05) is 41.8 Å². The summed E-state index contributed by atoms with van der Waals surface area (Å²) in [6.45, 7) is 4.65. The van der Waals surface area contributed by atoms with Crippen LogP contribution in [0.1, 0.15) is 42.4 Å². The highest BCUT2D eigenvalue weighted by atomic mass is 79.9. The first-order chi connectivity index (χ1) is 11.1. The standard InChI is InChI=1S/C17H21BrN4O/c1-3-4-5-9-19-16(23)15-10-12(2)20-17(22-15)21-14-8-6-7-13(18)11-14/h6-8,10-11H,3-5,9H2,1-2H3,(H,19,23)(H,20,21,22). The van der Waals surface area contributed by atoms with Crippen molar-refractivity contribution >= 4 is 33.5 Å². The van der Waals surface area contributed by atoms with E-state index in [1.807, 2.05) is 31.2 Å². The largest absolute Gasteiger partial charge is 0.351 e. The van der Waals surface area contributed by atoms with Crippen molar-refractivity contribution in [2.24, 2.45) is 0 Å². The highest BCUT2D eigenvalue weighted by Gasteiger charge is 2.10. The molecule has 23 heavy (non-hydrogen) atoms. The lowest BCUT2D eigenvalue weighted by Gasteiger charge is -2.09. The number of hydrogen-bond donors (Lipinski definition) is 2. The Labute approximate surface area is 145 Å². The molecule has 0 atom stereocenters. The van der Waals surface area contributed by atoms with Gasteiger partial charge in [-0.3, -0.25) is 4.79 Å². The number of hydrogen-bond acceptors (Lipinski definition) is 4. The fourth-order valence-electron chi connectivity index (χ4n) is 2.10. The summed E-state index contributed by atoms with van der Waals surface area (Å²) in [4.78, 5) is 20.8. The molecule has 0 aliphatic carbocycles. The summed E-state index contributed by atoms with van der Waals surface area (Å²) in [7, 11) is 0. The van der Waals surface area contributed by atoms with E-state index in [9.17, 15) is 4.79 Å².